The molecule has 0 spiro atoms. The van der Waals surface area contributed by atoms with E-state index >= 15 is 0 Å². The first kappa shape index (κ1) is 23.8. The van der Waals surface area contributed by atoms with E-state index in [1.807, 2.05) is 73.7 Å². The van der Waals surface area contributed by atoms with Crippen LogP contribution in [0.5, 0.6) is 11.5 Å². The van der Waals surface area contributed by atoms with Crippen molar-refractivity contribution in [2.75, 3.05) is 6.61 Å². The lowest BCUT2D eigenvalue weighted by Crippen LogP contribution is -2.18. The van der Waals surface area contributed by atoms with E-state index in [0.29, 0.717) is 31.1 Å². The van der Waals surface area contributed by atoms with Crippen LogP contribution < -0.4 is 14.9 Å². The SMILES string of the molecule is Cc1ccc(OCCCC(=O)N/N=C/c2ccc(OCc3ccccc3Cl)cc2)c(Br)c1. The number of nitrogens with one attached hydrogen (secondary N) is 1. The first-order valence-electron chi connectivity index (χ1n) is 10.2. The number of amides is 1. The molecule has 0 atom stereocenters. The van der Waals surface area contributed by atoms with Gasteiger partial charge in [0.1, 0.15) is 18.1 Å². The van der Waals surface area contributed by atoms with Gasteiger partial charge in [0, 0.05) is 17.0 Å². The van der Waals surface area contributed by atoms with Crippen LogP contribution in [0.4, 0.5) is 0 Å². The normalized spacial score (nSPS) is 10.8. The largest absolute Gasteiger partial charge is 0.492 e. The van der Waals surface area contributed by atoms with Crippen molar-refractivity contribution in [1.29, 1.82) is 0 Å². The molecular formula is C25H24BrClN2O3. The van der Waals surface area contributed by atoms with Crippen LogP contribution >= 0.6 is 27.5 Å². The van der Waals surface area contributed by atoms with Gasteiger partial charge in [-0.2, -0.15) is 5.10 Å². The third-order valence-corrected chi connectivity index (χ3v) is 5.52. The zero-order valence-electron chi connectivity index (χ0n) is 17.7. The van der Waals surface area contributed by atoms with Gasteiger partial charge in [-0.25, -0.2) is 5.43 Å². The molecule has 0 aliphatic heterocycles. The minimum atomic E-state index is -0.160. The number of hydrogen-bond donors (Lipinski definition) is 1. The smallest absolute Gasteiger partial charge is 0.240 e. The summed E-state index contributed by atoms with van der Waals surface area (Å²) in [5, 5.41) is 4.69. The highest BCUT2D eigenvalue weighted by Crippen LogP contribution is 2.25. The number of halogens is 2. The van der Waals surface area contributed by atoms with E-state index in [9.17, 15) is 4.79 Å². The van der Waals surface area contributed by atoms with Crippen LogP contribution in [0, 0.1) is 6.92 Å². The molecule has 3 aromatic rings. The van der Waals surface area contributed by atoms with E-state index in [-0.39, 0.29) is 5.91 Å². The van der Waals surface area contributed by atoms with Crippen LogP contribution in [-0.2, 0) is 11.4 Å². The average molecular weight is 516 g/mol. The van der Waals surface area contributed by atoms with Crippen LogP contribution in [0.25, 0.3) is 0 Å². The van der Waals surface area contributed by atoms with E-state index < -0.39 is 0 Å². The molecule has 0 saturated carbocycles. The Morgan fingerprint density at radius 2 is 1.88 bits per heavy atom. The summed E-state index contributed by atoms with van der Waals surface area (Å²) in [6.07, 6.45) is 2.52. The molecular weight excluding hydrogens is 492 g/mol. The number of aryl methyl sites for hydroxylation is 1. The summed E-state index contributed by atoms with van der Waals surface area (Å²) in [4.78, 5) is 11.9. The van der Waals surface area contributed by atoms with E-state index in [4.69, 9.17) is 21.1 Å². The van der Waals surface area contributed by atoms with E-state index in [1.165, 1.54) is 0 Å². The van der Waals surface area contributed by atoms with Gasteiger partial charge in [0.25, 0.3) is 0 Å². The van der Waals surface area contributed by atoms with Gasteiger partial charge in [0.15, 0.2) is 0 Å². The van der Waals surface area contributed by atoms with Gasteiger partial charge < -0.3 is 9.47 Å². The average Bonchev–Trinajstić information content (AvgIpc) is 2.78. The van der Waals surface area contributed by atoms with Crippen molar-refractivity contribution in [3.8, 4) is 11.5 Å². The van der Waals surface area contributed by atoms with Crippen LogP contribution in [0.3, 0.4) is 0 Å². The summed E-state index contributed by atoms with van der Waals surface area (Å²) in [6.45, 7) is 2.87. The number of nitrogens with zero attached hydrogens (tertiary/aromatic N) is 1. The molecule has 5 nitrogen and oxygen atoms in total. The van der Waals surface area contributed by atoms with Crippen molar-refractivity contribution in [3.05, 3.63) is 92.9 Å². The van der Waals surface area contributed by atoms with Gasteiger partial charge in [-0.3, -0.25) is 4.79 Å². The van der Waals surface area contributed by atoms with Gasteiger partial charge in [0.2, 0.25) is 5.91 Å². The number of hydrazone groups is 1. The minimum Gasteiger partial charge on any atom is -0.492 e. The lowest BCUT2D eigenvalue weighted by molar-refractivity contribution is -0.121. The minimum absolute atomic E-state index is 0.160. The Morgan fingerprint density at radius 3 is 2.62 bits per heavy atom. The van der Waals surface area contributed by atoms with Crippen molar-refractivity contribution < 1.29 is 14.3 Å². The second-order valence-corrected chi connectivity index (χ2v) is 8.39. The van der Waals surface area contributed by atoms with Gasteiger partial charge in [-0.15, -0.1) is 0 Å². The van der Waals surface area contributed by atoms with Crippen LogP contribution in [0.15, 0.2) is 76.3 Å². The number of rotatable bonds is 10. The summed E-state index contributed by atoms with van der Waals surface area (Å²) in [5.74, 6) is 1.34. The Labute approximate surface area is 201 Å². The third kappa shape index (κ3) is 7.70. The summed E-state index contributed by atoms with van der Waals surface area (Å²) in [7, 11) is 0. The Morgan fingerprint density at radius 1 is 1.09 bits per heavy atom. The monoisotopic (exact) mass is 514 g/mol. The van der Waals surface area contributed by atoms with E-state index in [2.05, 4.69) is 26.5 Å². The van der Waals surface area contributed by atoms with Crippen LogP contribution in [-0.4, -0.2) is 18.7 Å². The van der Waals surface area contributed by atoms with Crippen molar-refractivity contribution >= 4 is 39.7 Å². The molecule has 3 rings (SSSR count). The molecule has 0 saturated heterocycles. The molecule has 0 radical (unpaired) electrons. The molecule has 0 aromatic heterocycles. The fraction of sp³-hybridized carbons (Fsp3) is 0.200. The molecule has 0 bridgehead atoms. The molecule has 7 heteroatoms. The van der Waals surface area contributed by atoms with Crippen molar-refractivity contribution in [2.45, 2.75) is 26.4 Å². The van der Waals surface area contributed by atoms with Gasteiger partial charge in [-0.1, -0.05) is 35.9 Å². The highest BCUT2D eigenvalue weighted by molar-refractivity contribution is 9.10. The maximum absolute atomic E-state index is 11.9. The molecule has 1 N–H and O–H groups in total. The summed E-state index contributed by atoms with van der Waals surface area (Å²) in [6, 6.07) is 20.9. The second-order valence-electron chi connectivity index (χ2n) is 7.13. The number of carbonyl (C=O) groups is 1. The fourth-order valence-electron chi connectivity index (χ4n) is 2.80. The zero-order valence-corrected chi connectivity index (χ0v) is 20.0. The second kappa shape index (κ2) is 12.3. The highest BCUT2D eigenvalue weighted by Gasteiger charge is 2.04. The summed E-state index contributed by atoms with van der Waals surface area (Å²) >= 11 is 9.61. The van der Waals surface area contributed by atoms with Gasteiger partial charge in [0.05, 0.1) is 17.3 Å². The summed E-state index contributed by atoms with van der Waals surface area (Å²) in [5.41, 5.74) is 5.47. The highest BCUT2D eigenvalue weighted by atomic mass is 79.9. The maximum Gasteiger partial charge on any atom is 0.240 e. The number of ether oxygens (including phenoxy) is 2. The van der Waals surface area contributed by atoms with Crippen LogP contribution in [0.2, 0.25) is 5.02 Å². The number of benzene rings is 3. The molecule has 1 amide bonds. The first-order chi connectivity index (χ1) is 15.5. The Hall–Kier alpha value is -2.83. The molecule has 166 valence electrons. The van der Waals surface area contributed by atoms with Crippen LogP contribution in [0.1, 0.15) is 29.5 Å². The molecule has 0 unspecified atom stereocenters. The topological polar surface area (TPSA) is 59.9 Å². The molecule has 3 aromatic carbocycles. The Bertz CT molecular complexity index is 1070. The standard InChI is InChI=1S/C25H24BrClN2O3/c1-18-8-13-24(22(26)15-18)31-14-4-7-25(30)29-28-16-19-9-11-21(12-10-19)32-17-20-5-2-3-6-23(20)27/h2-3,5-6,8-13,15-16H,4,7,14,17H2,1H3,(H,29,30)/b28-16+. The van der Waals surface area contributed by atoms with Gasteiger partial charge in [-0.05, 0) is 82.9 Å². The predicted molar refractivity (Wildman–Crippen MR) is 132 cm³/mol. The zero-order chi connectivity index (χ0) is 22.8. The molecule has 0 aliphatic carbocycles. The Balaban J connectivity index is 1.35. The molecule has 0 aliphatic rings. The summed E-state index contributed by atoms with van der Waals surface area (Å²) < 4.78 is 12.4. The maximum atomic E-state index is 11.9. The van der Waals surface area contributed by atoms with E-state index in [0.717, 1.165) is 32.7 Å². The molecule has 0 fully saturated rings. The first-order valence-corrected chi connectivity index (χ1v) is 11.4. The molecule has 0 heterocycles. The van der Waals surface area contributed by atoms with E-state index in [1.54, 1.807) is 6.21 Å². The Kier molecular flexibility index (Phi) is 9.13. The number of carbonyl (C=O) groups excluding carboxylic acids is 1. The lowest BCUT2D eigenvalue weighted by atomic mass is 10.2. The van der Waals surface area contributed by atoms with Gasteiger partial charge >= 0.3 is 0 Å². The molecule has 32 heavy (non-hydrogen) atoms. The lowest BCUT2D eigenvalue weighted by Gasteiger charge is -2.08. The van der Waals surface area contributed by atoms with Crippen molar-refractivity contribution in [3.63, 3.8) is 0 Å². The predicted octanol–water partition coefficient (Wildman–Crippen LogP) is 6.30. The third-order valence-electron chi connectivity index (χ3n) is 4.53. The number of hydrogen-bond acceptors (Lipinski definition) is 4. The van der Waals surface area contributed by atoms with Crippen molar-refractivity contribution in [2.24, 2.45) is 5.10 Å². The van der Waals surface area contributed by atoms with Crippen molar-refractivity contribution in [1.82, 2.24) is 5.43 Å². The fourth-order valence-corrected chi connectivity index (χ4v) is 3.60. The quantitative estimate of drug-likeness (QED) is 0.196.